The van der Waals surface area contributed by atoms with E-state index in [4.69, 9.17) is 0 Å². The van der Waals surface area contributed by atoms with Crippen LogP contribution >= 0.6 is 0 Å². The molecule has 1 aliphatic carbocycles. The topological polar surface area (TPSA) is 26.7 Å². The van der Waals surface area contributed by atoms with Crippen molar-refractivity contribution in [1.82, 2.24) is 9.80 Å². The highest BCUT2D eigenvalue weighted by Gasteiger charge is 2.27. The summed E-state index contributed by atoms with van der Waals surface area (Å²) in [6.07, 6.45) is 4.89. The van der Waals surface area contributed by atoms with Crippen molar-refractivity contribution in [3.63, 3.8) is 0 Å². The minimum absolute atomic E-state index is 0.412. The molecule has 2 aliphatic rings. The Balaban J connectivity index is 1.82. The van der Waals surface area contributed by atoms with Crippen LogP contribution in [0.3, 0.4) is 0 Å². The van der Waals surface area contributed by atoms with Crippen molar-refractivity contribution in [1.29, 1.82) is 0 Å². The summed E-state index contributed by atoms with van der Waals surface area (Å²) in [7, 11) is 2.22. The number of likely N-dealkylation sites (N-methyl/N-ethyl adjacent to an activating group) is 1. The third-order valence-corrected chi connectivity index (χ3v) is 4.60. The Morgan fingerprint density at radius 3 is 2.89 bits per heavy atom. The van der Waals surface area contributed by atoms with E-state index in [0.717, 1.165) is 6.42 Å². The SMILES string of the molecule is CN1CCCN(C2CCCc3cc(O)ccc32)CC1. The molecule has 1 aromatic carbocycles. The third kappa shape index (κ3) is 2.77. The number of benzene rings is 1. The van der Waals surface area contributed by atoms with Gasteiger partial charge >= 0.3 is 0 Å². The third-order valence-electron chi connectivity index (χ3n) is 4.60. The summed E-state index contributed by atoms with van der Waals surface area (Å²) in [4.78, 5) is 5.08. The lowest BCUT2D eigenvalue weighted by molar-refractivity contribution is 0.184. The molecular formula is C16H24N2O. The highest BCUT2D eigenvalue weighted by molar-refractivity contribution is 5.38. The molecule has 0 aromatic heterocycles. The fourth-order valence-electron chi connectivity index (χ4n) is 3.53. The van der Waals surface area contributed by atoms with Gasteiger partial charge in [-0.2, -0.15) is 0 Å². The lowest BCUT2D eigenvalue weighted by Crippen LogP contribution is -2.34. The Kier molecular flexibility index (Phi) is 3.76. The van der Waals surface area contributed by atoms with Crippen LogP contribution in [-0.4, -0.2) is 48.1 Å². The number of rotatable bonds is 1. The molecule has 104 valence electrons. The molecule has 3 rings (SSSR count). The molecule has 1 aliphatic heterocycles. The van der Waals surface area contributed by atoms with Crippen LogP contribution in [0, 0.1) is 0 Å². The van der Waals surface area contributed by atoms with Gasteiger partial charge in [0.25, 0.3) is 0 Å². The van der Waals surface area contributed by atoms with Crippen molar-refractivity contribution in [3.8, 4) is 5.75 Å². The summed E-state index contributed by atoms with van der Waals surface area (Å²) in [6.45, 7) is 4.76. The van der Waals surface area contributed by atoms with E-state index in [1.54, 1.807) is 0 Å². The van der Waals surface area contributed by atoms with Crippen molar-refractivity contribution in [2.45, 2.75) is 31.7 Å². The molecule has 3 nitrogen and oxygen atoms in total. The first-order valence-electron chi connectivity index (χ1n) is 7.48. The lowest BCUT2D eigenvalue weighted by atomic mass is 9.86. The number of hydrogen-bond donors (Lipinski definition) is 1. The van der Waals surface area contributed by atoms with Gasteiger partial charge in [-0.1, -0.05) is 6.07 Å². The van der Waals surface area contributed by atoms with Crippen LogP contribution in [0.25, 0.3) is 0 Å². The lowest BCUT2D eigenvalue weighted by Gasteiger charge is -2.35. The van der Waals surface area contributed by atoms with Crippen LogP contribution < -0.4 is 0 Å². The zero-order valence-corrected chi connectivity index (χ0v) is 11.8. The maximum atomic E-state index is 9.64. The van der Waals surface area contributed by atoms with Crippen LogP contribution in [-0.2, 0) is 6.42 Å². The molecule has 1 fully saturated rings. The van der Waals surface area contributed by atoms with Gasteiger partial charge in [-0.25, -0.2) is 0 Å². The molecule has 3 heteroatoms. The molecule has 0 radical (unpaired) electrons. The summed E-state index contributed by atoms with van der Waals surface area (Å²) in [5.41, 5.74) is 2.81. The summed E-state index contributed by atoms with van der Waals surface area (Å²) in [5, 5.41) is 9.64. The van der Waals surface area contributed by atoms with E-state index >= 15 is 0 Å². The van der Waals surface area contributed by atoms with Crippen LogP contribution in [0.1, 0.15) is 36.4 Å². The van der Waals surface area contributed by atoms with Gasteiger partial charge in [0.15, 0.2) is 0 Å². The van der Waals surface area contributed by atoms with Gasteiger partial charge in [-0.3, -0.25) is 4.90 Å². The van der Waals surface area contributed by atoms with Gasteiger partial charge in [0, 0.05) is 25.7 Å². The molecule has 1 aromatic rings. The smallest absolute Gasteiger partial charge is 0.115 e. The normalized spacial score (nSPS) is 25.8. The van der Waals surface area contributed by atoms with E-state index in [1.165, 1.54) is 56.6 Å². The zero-order valence-electron chi connectivity index (χ0n) is 11.8. The Bertz CT molecular complexity index is 446. The Hall–Kier alpha value is -1.06. The largest absolute Gasteiger partial charge is 0.508 e. The molecule has 1 unspecified atom stereocenters. The van der Waals surface area contributed by atoms with Crippen LogP contribution in [0.5, 0.6) is 5.75 Å². The molecule has 1 saturated heterocycles. The second-order valence-corrected chi connectivity index (χ2v) is 5.98. The molecular weight excluding hydrogens is 236 g/mol. The molecule has 0 saturated carbocycles. The van der Waals surface area contributed by atoms with Crippen molar-refractivity contribution in [2.75, 3.05) is 33.2 Å². The number of aryl methyl sites for hydroxylation is 1. The first kappa shape index (κ1) is 12.9. The Morgan fingerprint density at radius 2 is 2.00 bits per heavy atom. The summed E-state index contributed by atoms with van der Waals surface area (Å²) in [5.74, 6) is 0.412. The number of aromatic hydroxyl groups is 1. The average molecular weight is 260 g/mol. The fourth-order valence-corrected chi connectivity index (χ4v) is 3.53. The van der Waals surface area contributed by atoms with Gasteiger partial charge in [-0.05, 0) is 62.5 Å². The van der Waals surface area contributed by atoms with E-state index < -0.39 is 0 Å². The predicted octanol–water partition coefficient (Wildman–Crippen LogP) is 2.41. The average Bonchev–Trinajstić information content (AvgIpc) is 2.62. The zero-order chi connectivity index (χ0) is 13.2. The Morgan fingerprint density at radius 1 is 1.11 bits per heavy atom. The number of hydrogen-bond acceptors (Lipinski definition) is 3. The monoisotopic (exact) mass is 260 g/mol. The van der Waals surface area contributed by atoms with Crippen molar-refractivity contribution < 1.29 is 5.11 Å². The van der Waals surface area contributed by atoms with E-state index in [0.29, 0.717) is 11.8 Å². The maximum Gasteiger partial charge on any atom is 0.115 e. The molecule has 1 atom stereocenters. The van der Waals surface area contributed by atoms with Crippen molar-refractivity contribution in [2.24, 2.45) is 0 Å². The molecule has 0 spiro atoms. The number of fused-ring (bicyclic) bond motifs is 1. The first-order valence-corrected chi connectivity index (χ1v) is 7.48. The number of nitrogens with zero attached hydrogens (tertiary/aromatic N) is 2. The summed E-state index contributed by atoms with van der Waals surface area (Å²) in [6, 6.07) is 6.52. The van der Waals surface area contributed by atoms with Crippen LogP contribution in [0.4, 0.5) is 0 Å². The van der Waals surface area contributed by atoms with Gasteiger partial charge < -0.3 is 10.0 Å². The van der Waals surface area contributed by atoms with E-state index in [-0.39, 0.29) is 0 Å². The number of phenolic OH excluding ortho intramolecular Hbond substituents is 1. The predicted molar refractivity (Wildman–Crippen MR) is 77.5 cm³/mol. The minimum Gasteiger partial charge on any atom is -0.508 e. The summed E-state index contributed by atoms with van der Waals surface area (Å²) >= 11 is 0. The molecule has 0 bridgehead atoms. The Labute approximate surface area is 115 Å². The molecule has 19 heavy (non-hydrogen) atoms. The fraction of sp³-hybridized carbons (Fsp3) is 0.625. The standard InChI is InChI=1S/C16H24N2O/c1-17-8-3-9-18(11-10-17)16-5-2-4-13-12-14(19)6-7-15(13)16/h6-7,12,16,19H,2-5,8-11H2,1H3. The quantitative estimate of drug-likeness (QED) is 0.840. The van der Waals surface area contributed by atoms with E-state index in [1.807, 2.05) is 12.1 Å². The van der Waals surface area contributed by atoms with Gasteiger partial charge in [0.1, 0.15) is 5.75 Å². The van der Waals surface area contributed by atoms with E-state index in [9.17, 15) is 5.11 Å². The van der Waals surface area contributed by atoms with Gasteiger partial charge in [0.2, 0.25) is 0 Å². The molecule has 0 amide bonds. The highest BCUT2D eigenvalue weighted by atomic mass is 16.3. The first-order chi connectivity index (χ1) is 9.24. The van der Waals surface area contributed by atoms with Gasteiger partial charge in [0.05, 0.1) is 0 Å². The highest BCUT2D eigenvalue weighted by Crippen LogP contribution is 2.36. The van der Waals surface area contributed by atoms with E-state index in [2.05, 4.69) is 22.9 Å². The minimum atomic E-state index is 0.412. The number of phenols is 1. The van der Waals surface area contributed by atoms with Crippen LogP contribution in [0.2, 0.25) is 0 Å². The van der Waals surface area contributed by atoms with Crippen molar-refractivity contribution in [3.05, 3.63) is 29.3 Å². The van der Waals surface area contributed by atoms with Crippen LogP contribution in [0.15, 0.2) is 18.2 Å². The van der Waals surface area contributed by atoms with Crippen molar-refractivity contribution >= 4 is 0 Å². The summed E-state index contributed by atoms with van der Waals surface area (Å²) < 4.78 is 0. The second-order valence-electron chi connectivity index (χ2n) is 5.98. The van der Waals surface area contributed by atoms with Gasteiger partial charge in [-0.15, -0.1) is 0 Å². The molecule has 1 N–H and O–H groups in total. The molecule has 1 heterocycles. The second kappa shape index (κ2) is 5.51. The maximum absolute atomic E-state index is 9.64.